The van der Waals surface area contributed by atoms with Gasteiger partial charge in [-0.05, 0) is 23.8 Å². The molecule has 2 aromatic heterocycles. The molecule has 0 aliphatic carbocycles. The fourth-order valence-corrected chi connectivity index (χ4v) is 3.79. The summed E-state index contributed by atoms with van der Waals surface area (Å²) in [5.41, 5.74) is 3.38. The zero-order valence-electron chi connectivity index (χ0n) is 15.6. The number of aromatic nitrogens is 3. The summed E-state index contributed by atoms with van der Waals surface area (Å²) in [7, 11) is -2.50. The molecule has 0 aliphatic heterocycles. The normalized spacial score (nSPS) is 11.5. The second-order valence-corrected chi connectivity index (χ2v) is 7.91. The maximum absolute atomic E-state index is 11.8. The molecule has 4 aromatic rings. The molecule has 0 unspecified atom stereocenters. The van der Waals surface area contributed by atoms with E-state index in [-0.39, 0.29) is 10.6 Å². The topological polar surface area (TPSA) is 112 Å². The molecule has 0 amide bonds. The SMILES string of the molecule is COc1ccc(CNc2nccn3nc(-c4ccccc4)cc23)cc1S(N)(=O)=O. The molecule has 0 fully saturated rings. The maximum atomic E-state index is 11.8. The Morgan fingerprint density at radius 1 is 1.14 bits per heavy atom. The molecule has 0 bridgehead atoms. The van der Waals surface area contributed by atoms with E-state index >= 15 is 0 Å². The van der Waals surface area contributed by atoms with Gasteiger partial charge in [0.15, 0.2) is 5.82 Å². The second kappa shape index (κ2) is 7.53. The van der Waals surface area contributed by atoms with E-state index in [0.717, 1.165) is 22.3 Å². The van der Waals surface area contributed by atoms with Gasteiger partial charge in [-0.2, -0.15) is 5.10 Å². The molecule has 148 valence electrons. The standard InChI is InChI=1S/C20H19N5O3S/c1-28-18-8-7-14(11-19(18)29(21,26)27)13-23-20-17-12-16(15-5-3-2-4-6-15)24-25(17)10-9-22-20/h2-12H,13H2,1H3,(H,22,23)(H2,21,26,27). The number of anilines is 1. The number of hydrogen-bond donors (Lipinski definition) is 2. The Morgan fingerprint density at radius 2 is 1.93 bits per heavy atom. The number of primary sulfonamides is 1. The van der Waals surface area contributed by atoms with Crippen LogP contribution in [0.2, 0.25) is 0 Å². The van der Waals surface area contributed by atoms with Crippen LogP contribution in [0.25, 0.3) is 16.8 Å². The number of benzene rings is 2. The van der Waals surface area contributed by atoms with Crippen LogP contribution < -0.4 is 15.2 Å². The zero-order valence-corrected chi connectivity index (χ0v) is 16.4. The summed E-state index contributed by atoms with van der Waals surface area (Å²) in [5.74, 6) is 0.843. The van der Waals surface area contributed by atoms with Crippen LogP contribution in [-0.4, -0.2) is 30.1 Å². The molecule has 0 spiro atoms. The van der Waals surface area contributed by atoms with Crippen molar-refractivity contribution in [3.8, 4) is 17.0 Å². The lowest BCUT2D eigenvalue weighted by Crippen LogP contribution is -2.14. The molecule has 4 rings (SSSR count). The van der Waals surface area contributed by atoms with Crippen molar-refractivity contribution in [2.45, 2.75) is 11.4 Å². The third-order valence-corrected chi connectivity index (χ3v) is 5.39. The first-order chi connectivity index (χ1) is 14.0. The van der Waals surface area contributed by atoms with Gasteiger partial charge in [0.05, 0.1) is 12.8 Å². The number of nitrogens with one attached hydrogen (secondary N) is 1. The molecule has 2 heterocycles. The molecule has 0 atom stereocenters. The van der Waals surface area contributed by atoms with E-state index in [1.54, 1.807) is 29.0 Å². The Hall–Kier alpha value is -3.43. The number of ether oxygens (including phenoxy) is 1. The highest BCUT2D eigenvalue weighted by molar-refractivity contribution is 7.89. The number of methoxy groups -OCH3 is 1. The van der Waals surface area contributed by atoms with Gasteiger partial charge in [0.25, 0.3) is 0 Å². The van der Waals surface area contributed by atoms with Crippen LogP contribution in [0.15, 0.2) is 71.9 Å². The smallest absolute Gasteiger partial charge is 0.241 e. The van der Waals surface area contributed by atoms with Crippen LogP contribution >= 0.6 is 0 Å². The first kappa shape index (κ1) is 18.9. The molecule has 0 aliphatic rings. The predicted molar refractivity (Wildman–Crippen MR) is 110 cm³/mol. The Bertz CT molecular complexity index is 1270. The van der Waals surface area contributed by atoms with Crippen LogP contribution in [0.1, 0.15) is 5.56 Å². The fraction of sp³-hybridized carbons (Fsp3) is 0.100. The molecule has 8 nitrogen and oxygen atoms in total. The lowest BCUT2D eigenvalue weighted by molar-refractivity contribution is 0.402. The second-order valence-electron chi connectivity index (χ2n) is 6.39. The van der Waals surface area contributed by atoms with Crippen LogP contribution in [0.3, 0.4) is 0 Å². The van der Waals surface area contributed by atoms with E-state index < -0.39 is 10.0 Å². The van der Waals surface area contributed by atoms with Gasteiger partial charge in [0.2, 0.25) is 10.0 Å². The predicted octanol–water partition coefficient (Wildman–Crippen LogP) is 2.66. The quantitative estimate of drug-likeness (QED) is 0.506. The lowest BCUT2D eigenvalue weighted by Gasteiger charge is -2.11. The summed E-state index contributed by atoms with van der Waals surface area (Å²) in [6.07, 6.45) is 3.43. The summed E-state index contributed by atoms with van der Waals surface area (Å²) in [5, 5.41) is 13.1. The van der Waals surface area contributed by atoms with E-state index in [0.29, 0.717) is 12.4 Å². The van der Waals surface area contributed by atoms with Crippen molar-refractivity contribution in [2.24, 2.45) is 5.14 Å². The summed E-state index contributed by atoms with van der Waals surface area (Å²) in [6, 6.07) is 16.7. The van der Waals surface area contributed by atoms with Gasteiger partial charge in [-0.1, -0.05) is 36.4 Å². The van der Waals surface area contributed by atoms with Crippen molar-refractivity contribution in [3.05, 3.63) is 72.6 Å². The molecule has 9 heteroatoms. The minimum atomic E-state index is -3.90. The van der Waals surface area contributed by atoms with Crippen LogP contribution in [0, 0.1) is 0 Å². The molecular weight excluding hydrogens is 390 g/mol. The van der Waals surface area contributed by atoms with Gasteiger partial charge in [-0.3, -0.25) is 0 Å². The lowest BCUT2D eigenvalue weighted by atomic mass is 10.1. The van der Waals surface area contributed by atoms with E-state index in [2.05, 4.69) is 15.4 Å². The van der Waals surface area contributed by atoms with Gasteiger partial charge in [-0.15, -0.1) is 0 Å². The number of nitrogens with two attached hydrogens (primary N) is 1. The number of hydrogen-bond acceptors (Lipinski definition) is 6. The van der Waals surface area contributed by atoms with Crippen molar-refractivity contribution >= 4 is 21.4 Å². The highest BCUT2D eigenvalue weighted by atomic mass is 32.2. The highest BCUT2D eigenvalue weighted by Crippen LogP contribution is 2.25. The summed E-state index contributed by atoms with van der Waals surface area (Å²) in [4.78, 5) is 4.34. The summed E-state index contributed by atoms with van der Waals surface area (Å²) >= 11 is 0. The average Bonchev–Trinajstić information content (AvgIpc) is 3.17. The molecule has 2 aromatic carbocycles. The molecular formula is C20H19N5O3S. The zero-order chi connectivity index (χ0) is 20.4. The first-order valence-electron chi connectivity index (χ1n) is 8.79. The molecule has 3 N–H and O–H groups in total. The van der Waals surface area contributed by atoms with Gasteiger partial charge in [0.1, 0.15) is 16.2 Å². The number of rotatable bonds is 6. The van der Waals surface area contributed by atoms with E-state index in [9.17, 15) is 8.42 Å². The molecule has 0 saturated heterocycles. The fourth-order valence-electron chi connectivity index (χ4n) is 3.05. The summed E-state index contributed by atoms with van der Waals surface area (Å²) < 4.78 is 30.4. The molecule has 29 heavy (non-hydrogen) atoms. The number of nitrogens with zero attached hydrogens (tertiary/aromatic N) is 3. The van der Waals surface area contributed by atoms with Gasteiger partial charge in [0, 0.05) is 24.5 Å². The average molecular weight is 409 g/mol. The monoisotopic (exact) mass is 409 g/mol. The Kier molecular flexibility index (Phi) is 4.91. The van der Waals surface area contributed by atoms with E-state index in [1.807, 2.05) is 36.4 Å². The van der Waals surface area contributed by atoms with Crippen LogP contribution in [-0.2, 0) is 16.6 Å². The van der Waals surface area contributed by atoms with Crippen molar-refractivity contribution < 1.29 is 13.2 Å². The minimum absolute atomic E-state index is 0.0545. The van der Waals surface area contributed by atoms with Crippen molar-refractivity contribution in [2.75, 3.05) is 12.4 Å². The van der Waals surface area contributed by atoms with Crippen molar-refractivity contribution in [3.63, 3.8) is 0 Å². The molecule has 0 radical (unpaired) electrons. The third kappa shape index (κ3) is 3.91. The van der Waals surface area contributed by atoms with E-state index in [1.165, 1.54) is 13.2 Å². The van der Waals surface area contributed by atoms with Gasteiger partial charge < -0.3 is 10.1 Å². The number of fused-ring (bicyclic) bond motifs is 1. The van der Waals surface area contributed by atoms with Crippen LogP contribution in [0.4, 0.5) is 5.82 Å². The highest BCUT2D eigenvalue weighted by Gasteiger charge is 2.16. The van der Waals surface area contributed by atoms with Crippen molar-refractivity contribution in [1.29, 1.82) is 0 Å². The first-order valence-corrected chi connectivity index (χ1v) is 10.3. The third-order valence-electron chi connectivity index (χ3n) is 4.45. The Labute approximate surface area is 168 Å². The summed E-state index contributed by atoms with van der Waals surface area (Å²) in [6.45, 7) is 0.352. The van der Waals surface area contributed by atoms with Gasteiger partial charge >= 0.3 is 0 Å². The Balaban J connectivity index is 1.63. The Morgan fingerprint density at radius 3 is 2.66 bits per heavy atom. The maximum Gasteiger partial charge on any atom is 0.241 e. The van der Waals surface area contributed by atoms with Gasteiger partial charge in [-0.25, -0.2) is 23.1 Å². The van der Waals surface area contributed by atoms with Crippen LogP contribution in [0.5, 0.6) is 5.75 Å². The largest absolute Gasteiger partial charge is 0.495 e. The molecule has 0 saturated carbocycles. The van der Waals surface area contributed by atoms with Crippen molar-refractivity contribution in [1.82, 2.24) is 14.6 Å². The van der Waals surface area contributed by atoms with E-state index in [4.69, 9.17) is 9.88 Å². The number of sulfonamides is 1. The minimum Gasteiger partial charge on any atom is -0.495 e.